The van der Waals surface area contributed by atoms with Crippen LogP contribution in [0.15, 0.2) is 60.7 Å². The third kappa shape index (κ3) is 3.93. The summed E-state index contributed by atoms with van der Waals surface area (Å²) in [5.74, 6) is 1.83. The monoisotopic (exact) mass is 438 g/mol. The Hall–Kier alpha value is -2.83. The number of methoxy groups -OCH3 is 1. The molecule has 0 spiro atoms. The number of carbonyl (C=O) groups is 1. The normalized spacial score (nSPS) is 22.8. The molecule has 0 unspecified atom stereocenters. The molecule has 1 amide bonds. The van der Waals surface area contributed by atoms with E-state index in [1.165, 1.54) is 5.56 Å². The molecule has 2 fully saturated rings. The van der Waals surface area contributed by atoms with Crippen LogP contribution in [0.2, 0.25) is 0 Å². The van der Waals surface area contributed by atoms with Crippen LogP contribution in [0.25, 0.3) is 11.3 Å². The number of halogens is 1. The number of hydrogen-bond acceptors (Lipinski definition) is 4. The highest BCUT2D eigenvalue weighted by Gasteiger charge is 2.47. The first-order valence-electron chi connectivity index (χ1n) is 10.4. The lowest BCUT2D eigenvalue weighted by atomic mass is 9.89. The Kier molecular flexibility index (Phi) is 6.03. The lowest BCUT2D eigenvalue weighted by Gasteiger charge is -2.26. The molecule has 1 aromatic heterocycles. The van der Waals surface area contributed by atoms with Crippen molar-refractivity contribution in [2.24, 2.45) is 11.8 Å². The fourth-order valence-electron chi connectivity index (χ4n) is 5.08. The van der Waals surface area contributed by atoms with Gasteiger partial charge in [0.25, 0.3) is 5.91 Å². The second kappa shape index (κ2) is 8.73. The molecule has 0 saturated carbocycles. The zero-order chi connectivity index (χ0) is 20.7. The molecule has 0 aliphatic carbocycles. The first kappa shape index (κ1) is 21.4. The van der Waals surface area contributed by atoms with Crippen LogP contribution in [0, 0.1) is 11.8 Å². The van der Waals surface area contributed by atoms with Crippen molar-refractivity contribution in [2.45, 2.75) is 6.04 Å². The van der Waals surface area contributed by atoms with Crippen molar-refractivity contribution in [1.29, 1.82) is 0 Å². The van der Waals surface area contributed by atoms with Gasteiger partial charge in [-0.2, -0.15) is 5.10 Å². The molecule has 2 saturated heterocycles. The van der Waals surface area contributed by atoms with Gasteiger partial charge >= 0.3 is 0 Å². The molecule has 31 heavy (non-hydrogen) atoms. The third-order valence-corrected chi connectivity index (χ3v) is 6.52. The topological polar surface area (TPSA) is 61.5 Å². The van der Waals surface area contributed by atoms with E-state index in [1.54, 1.807) is 7.11 Å². The lowest BCUT2D eigenvalue weighted by molar-refractivity contribution is 0.0762. The van der Waals surface area contributed by atoms with Gasteiger partial charge in [-0.3, -0.25) is 14.8 Å². The van der Waals surface area contributed by atoms with Gasteiger partial charge in [0.05, 0.1) is 12.8 Å². The minimum Gasteiger partial charge on any atom is -0.497 e. The molecule has 7 heteroatoms. The first-order chi connectivity index (χ1) is 14.6. The van der Waals surface area contributed by atoms with E-state index >= 15 is 0 Å². The van der Waals surface area contributed by atoms with Crippen molar-refractivity contribution in [2.75, 3.05) is 33.8 Å². The van der Waals surface area contributed by atoms with Crippen LogP contribution in [0.3, 0.4) is 0 Å². The Morgan fingerprint density at radius 1 is 1.06 bits per heavy atom. The summed E-state index contributed by atoms with van der Waals surface area (Å²) >= 11 is 0. The summed E-state index contributed by atoms with van der Waals surface area (Å²) in [5, 5.41) is 7.29. The minimum atomic E-state index is 0. The number of aromatic amines is 1. The van der Waals surface area contributed by atoms with Crippen LogP contribution in [-0.4, -0.2) is 59.7 Å². The fourth-order valence-corrected chi connectivity index (χ4v) is 5.08. The van der Waals surface area contributed by atoms with Crippen LogP contribution >= 0.6 is 12.4 Å². The Bertz CT molecular complexity index is 1040. The van der Waals surface area contributed by atoms with Crippen molar-refractivity contribution < 1.29 is 9.53 Å². The van der Waals surface area contributed by atoms with E-state index in [2.05, 4.69) is 34.3 Å². The molecule has 0 bridgehead atoms. The molecule has 162 valence electrons. The number of likely N-dealkylation sites (tertiary alicyclic amines) is 2. The van der Waals surface area contributed by atoms with E-state index in [9.17, 15) is 4.79 Å². The average molecular weight is 439 g/mol. The maximum Gasteiger partial charge on any atom is 0.271 e. The number of amides is 1. The maximum atomic E-state index is 13.2. The Morgan fingerprint density at radius 2 is 1.81 bits per heavy atom. The molecular weight excluding hydrogens is 412 g/mol. The van der Waals surface area contributed by atoms with Gasteiger partial charge in [0.15, 0.2) is 0 Å². The summed E-state index contributed by atoms with van der Waals surface area (Å²) in [6, 6.07) is 20.4. The van der Waals surface area contributed by atoms with Crippen LogP contribution in [0.4, 0.5) is 0 Å². The third-order valence-electron chi connectivity index (χ3n) is 6.52. The Morgan fingerprint density at radius 3 is 2.52 bits per heavy atom. The number of nitrogens with one attached hydrogen (secondary N) is 1. The van der Waals surface area contributed by atoms with E-state index in [0.29, 0.717) is 23.6 Å². The number of rotatable bonds is 4. The second-order valence-electron chi connectivity index (χ2n) is 8.32. The lowest BCUT2D eigenvalue weighted by Crippen LogP contribution is -2.33. The Labute approximate surface area is 188 Å². The van der Waals surface area contributed by atoms with Crippen molar-refractivity contribution >= 4 is 18.3 Å². The second-order valence-corrected chi connectivity index (χ2v) is 8.32. The number of hydrogen-bond donors (Lipinski definition) is 1. The highest BCUT2D eigenvalue weighted by atomic mass is 35.5. The van der Waals surface area contributed by atoms with Gasteiger partial charge in [0.1, 0.15) is 11.4 Å². The summed E-state index contributed by atoms with van der Waals surface area (Å²) < 4.78 is 5.30. The van der Waals surface area contributed by atoms with Crippen LogP contribution < -0.4 is 4.74 Å². The molecule has 2 aliphatic rings. The molecule has 1 N–H and O–H groups in total. The molecule has 3 aromatic rings. The van der Waals surface area contributed by atoms with Gasteiger partial charge in [-0.15, -0.1) is 12.4 Å². The number of H-pyrrole nitrogens is 1. The van der Waals surface area contributed by atoms with Crippen molar-refractivity contribution in [3.63, 3.8) is 0 Å². The summed E-state index contributed by atoms with van der Waals surface area (Å²) in [4.78, 5) is 17.6. The first-order valence-corrected chi connectivity index (χ1v) is 10.4. The van der Waals surface area contributed by atoms with Crippen LogP contribution in [0.5, 0.6) is 5.75 Å². The summed E-state index contributed by atoms with van der Waals surface area (Å²) in [6.07, 6.45) is 0. The highest BCUT2D eigenvalue weighted by molar-refractivity contribution is 5.93. The number of benzene rings is 2. The number of nitrogens with zero attached hydrogens (tertiary/aromatic N) is 3. The number of carbonyl (C=O) groups excluding carboxylic acids is 1. The quantitative estimate of drug-likeness (QED) is 0.671. The summed E-state index contributed by atoms with van der Waals surface area (Å²) in [6.45, 7) is 2.56. The van der Waals surface area contributed by atoms with E-state index in [-0.39, 0.29) is 18.3 Å². The summed E-state index contributed by atoms with van der Waals surface area (Å²) in [5.41, 5.74) is 3.65. The molecule has 6 nitrogen and oxygen atoms in total. The van der Waals surface area contributed by atoms with Crippen molar-refractivity contribution in [3.8, 4) is 17.0 Å². The van der Waals surface area contributed by atoms with Gasteiger partial charge in [0.2, 0.25) is 0 Å². The molecular formula is C24H27ClN4O2. The smallest absolute Gasteiger partial charge is 0.271 e. The van der Waals surface area contributed by atoms with Crippen molar-refractivity contribution in [1.82, 2.24) is 20.0 Å². The predicted octanol–water partition coefficient (Wildman–Crippen LogP) is 3.88. The van der Waals surface area contributed by atoms with Gasteiger partial charge in [-0.25, -0.2) is 0 Å². The standard InChI is InChI=1S/C24H26N4O2.ClH/c1-27-13-18-14-28(15-20(18)23(27)17-8-10-19(30-2)11-9-17)24(29)22-12-21(25-26-22)16-6-4-3-5-7-16;/h3-12,18,20,23H,13-15H2,1-2H3,(H,25,26);1H/t18-,20+,23-;/m0./s1. The number of aromatic nitrogens is 2. The average Bonchev–Trinajstić information content (AvgIpc) is 3.49. The molecule has 3 atom stereocenters. The highest BCUT2D eigenvalue weighted by Crippen LogP contribution is 2.44. The Balaban J connectivity index is 0.00000231. The van der Waals surface area contributed by atoms with Gasteiger partial charge in [0, 0.05) is 37.2 Å². The molecule has 2 aliphatic heterocycles. The van der Waals surface area contributed by atoms with E-state index in [0.717, 1.165) is 36.6 Å². The van der Waals surface area contributed by atoms with Gasteiger partial charge < -0.3 is 9.64 Å². The minimum absolute atomic E-state index is 0. The molecule has 3 heterocycles. The van der Waals surface area contributed by atoms with Crippen LogP contribution in [-0.2, 0) is 0 Å². The molecule has 0 radical (unpaired) electrons. The number of ether oxygens (including phenoxy) is 1. The largest absolute Gasteiger partial charge is 0.497 e. The SMILES string of the molecule is COc1ccc([C@H]2[C@@H]3CN(C(=O)c4cc(-c5ccccc5)n[nH]4)C[C@@H]3CN2C)cc1.Cl. The van der Waals surface area contributed by atoms with Gasteiger partial charge in [-0.05, 0) is 36.7 Å². The summed E-state index contributed by atoms with van der Waals surface area (Å²) in [7, 11) is 3.87. The fraction of sp³-hybridized carbons (Fsp3) is 0.333. The van der Waals surface area contributed by atoms with Crippen molar-refractivity contribution in [3.05, 3.63) is 71.9 Å². The predicted molar refractivity (Wildman–Crippen MR) is 123 cm³/mol. The van der Waals surface area contributed by atoms with Crippen LogP contribution in [0.1, 0.15) is 22.1 Å². The van der Waals surface area contributed by atoms with E-state index < -0.39 is 0 Å². The zero-order valence-electron chi connectivity index (χ0n) is 17.7. The molecule has 5 rings (SSSR count). The molecule has 2 aromatic carbocycles. The van der Waals surface area contributed by atoms with E-state index in [1.807, 2.05) is 53.4 Å². The zero-order valence-corrected chi connectivity index (χ0v) is 18.5. The number of fused-ring (bicyclic) bond motifs is 1. The van der Waals surface area contributed by atoms with Gasteiger partial charge in [-0.1, -0.05) is 42.5 Å². The van der Waals surface area contributed by atoms with E-state index in [4.69, 9.17) is 4.74 Å². The maximum absolute atomic E-state index is 13.2.